The molecular weight excluding hydrogens is 317 g/mol. The van der Waals surface area contributed by atoms with E-state index in [0.717, 1.165) is 0 Å². The smallest absolute Gasteiger partial charge is 0.271 e. The zero-order chi connectivity index (χ0) is 15.6. The average molecular weight is 328 g/mol. The first-order chi connectivity index (χ1) is 9.86. The van der Waals surface area contributed by atoms with Crippen LogP contribution in [-0.4, -0.2) is 14.9 Å². The third kappa shape index (κ3) is 3.80. The Kier molecular flexibility index (Phi) is 4.59. The summed E-state index contributed by atoms with van der Waals surface area (Å²) < 4.78 is 5.53. The topological polar surface area (TPSA) is 78.2 Å². The van der Waals surface area contributed by atoms with Crippen LogP contribution in [0.4, 0.5) is 5.69 Å². The van der Waals surface area contributed by atoms with Gasteiger partial charge in [0.15, 0.2) is 0 Å². The second-order valence-electron chi connectivity index (χ2n) is 4.52. The number of rotatable bonds is 4. The van der Waals surface area contributed by atoms with E-state index in [0.29, 0.717) is 5.82 Å². The first kappa shape index (κ1) is 15.5. The minimum absolute atomic E-state index is 0.0818. The summed E-state index contributed by atoms with van der Waals surface area (Å²) in [5.74, 6) is 1.11. The monoisotopic (exact) mass is 327 g/mol. The normalized spacial score (nSPS) is 10.7. The van der Waals surface area contributed by atoms with E-state index in [4.69, 9.17) is 27.9 Å². The molecule has 1 heterocycles. The number of halogens is 2. The van der Waals surface area contributed by atoms with Gasteiger partial charge in [0.2, 0.25) is 5.88 Å². The van der Waals surface area contributed by atoms with Gasteiger partial charge in [-0.15, -0.1) is 0 Å². The Balaban J connectivity index is 2.32. The van der Waals surface area contributed by atoms with Crippen molar-refractivity contribution in [3.63, 3.8) is 0 Å². The predicted molar refractivity (Wildman–Crippen MR) is 79.3 cm³/mol. The molecule has 2 rings (SSSR count). The fraction of sp³-hybridized carbons (Fsp3) is 0.231. The maximum absolute atomic E-state index is 10.7. The molecule has 0 radical (unpaired) electrons. The molecule has 0 aliphatic heterocycles. The van der Waals surface area contributed by atoms with Crippen LogP contribution in [0.2, 0.25) is 10.2 Å². The number of aromatic nitrogens is 2. The van der Waals surface area contributed by atoms with E-state index in [-0.39, 0.29) is 33.4 Å². The highest BCUT2D eigenvalue weighted by atomic mass is 35.5. The van der Waals surface area contributed by atoms with Gasteiger partial charge in [0, 0.05) is 24.1 Å². The van der Waals surface area contributed by atoms with E-state index < -0.39 is 4.92 Å². The lowest BCUT2D eigenvalue weighted by Crippen LogP contribution is -2.00. The largest absolute Gasteiger partial charge is 0.437 e. The first-order valence-corrected chi connectivity index (χ1v) is 6.78. The molecule has 0 unspecified atom stereocenters. The summed E-state index contributed by atoms with van der Waals surface area (Å²) in [5.41, 5.74) is -0.115. The number of nitro benzene ring substituents is 1. The lowest BCUT2D eigenvalue weighted by Gasteiger charge is -2.09. The Hall–Kier alpha value is -1.92. The summed E-state index contributed by atoms with van der Waals surface area (Å²) in [6.07, 6.45) is 0. The number of hydrogen-bond donors (Lipinski definition) is 0. The Bertz CT molecular complexity index is 692. The van der Waals surface area contributed by atoms with Crippen LogP contribution in [0.15, 0.2) is 24.3 Å². The van der Waals surface area contributed by atoms with Crippen molar-refractivity contribution in [1.82, 2.24) is 9.97 Å². The van der Waals surface area contributed by atoms with Crippen LogP contribution >= 0.6 is 23.2 Å². The maximum atomic E-state index is 10.7. The molecular formula is C13H11Cl2N3O3. The molecule has 21 heavy (non-hydrogen) atoms. The van der Waals surface area contributed by atoms with Crippen LogP contribution in [0, 0.1) is 10.1 Å². The molecule has 0 bridgehead atoms. The van der Waals surface area contributed by atoms with Crippen molar-refractivity contribution in [3.8, 4) is 11.6 Å². The maximum Gasteiger partial charge on any atom is 0.271 e. The number of non-ortho nitro benzene ring substituents is 1. The second kappa shape index (κ2) is 6.24. The van der Waals surface area contributed by atoms with Crippen LogP contribution in [0.3, 0.4) is 0 Å². The molecule has 0 spiro atoms. The molecule has 0 fully saturated rings. The van der Waals surface area contributed by atoms with Crippen molar-refractivity contribution in [2.75, 3.05) is 0 Å². The Labute approximate surface area is 130 Å². The Morgan fingerprint density at radius 3 is 2.52 bits per heavy atom. The van der Waals surface area contributed by atoms with Crippen molar-refractivity contribution in [2.24, 2.45) is 0 Å². The summed E-state index contributed by atoms with van der Waals surface area (Å²) >= 11 is 11.9. The Morgan fingerprint density at radius 1 is 1.24 bits per heavy atom. The number of nitro groups is 1. The molecule has 0 aliphatic carbocycles. The van der Waals surface area contributed by atoms with Gasteiger partial charge in [-0.1, -0.05) is 37.0 Å². The zero-order valence-electron chi connectivity index (χ0n) is 11.2. The zero-order valence-corrected chi connectivity index (χ0v) is 12.7. The molecule has 6 nitrogen and oxygen atoms in total. The highest BCUT2D eigenvalue weighted by Crippen LogP contribution is 2.32. The Morgan fingerprint density at radius 2 is 1.95 bits per heavy atom. The van der Waals surface area contributed by atoms with E-state index in [2.05, 4.69) is 9.97 Å². The van der Waals surface area contributed by atoms with Crippen LogP contribution in [0.5, 0.6) is 11.6 Å². The molecule has 1 aromatic carbocycles. The quantitative estimate of drug-likeness (QED) is 0.465. The SMILES string of the molecule is CC(C)c1nc(Cl)cc(Oc2ccc([N+](=O)[O-])cc2Cl)n1. The summed E-state index contributed by atoms with van der Waals surface area (Å²) in [5, 5.41) is 11.0. The summed E-state index contributed by atoms with van der Waals surface area (Å²) in [6.45, 7) is 3.85. The molecule has 0 atom stereocenters. The third-order valence-corrected chi connectivity index (χ3v) is 3.03. The highest BCUT2D eigenvalue weighted by Gasteiger charge is 2.13. The van der Waals surface area contributed by atoms with Crippen LogP contribution in [-0.2, 0) is 0 Å². The summed E-state index contributed by atoms with van der Waals surface area (Å²) in [4.78, 5) is 18.4. The van der Waals surface area contributed by atoms with Crippen LogP contribution in [0.25, 0.3) is 0 Å². The van der Waals surface area contributed by atoms with Gasteiger partial charge in [-0.25, -0.2) is 4.98 Å². The van der Waals surface area contributed by atoms with Gasteiger partial charge in [0.25, 0.3) is 5.69 Å². The molecule has 0 amide bonds. The highest BCUT2D eigenvalue weighted by molar-refractivity contribution is 6.32. The molecule has 1 aromatic heterocycles. The minimum Gasteiger partial charge on any atom is -0.437 e. The fourth-order valence-corrected chi connectivity index (χ4v) is 1.92. The summed E-state index contributed by atoms with van der Waals surface area (Å²) in [6, 6.07) is 5.37. The molecule has 0 saturated heterocycles. The minimum atomic E-state index is -0.534. The lowest BCUT2D eigenvalue weighted by molar-refractivity contribution is -0.384. The van der Waals surface area contributed by atoms with Gasteiger partial charge in [-0.05, 0) is 6.07 Å². The lowest BCUT2D eigenvalue weighted by atomic mass is 10.2. The van der Waals surface area contributed by atoms with Crippen molar-refractivity contribution in [2.45, 2.75) is 19.8 Å². The average Bonchev–Trinajstić information content (AvgIpc) is 2.40. The van der Waals surface area contributed by atoms with Crippen LogP contribution < -0.4 is 4.74 Å². The molecule has 2 aromatic rings. The number of benzene rings is 1. The van der Waals surface area contributed by atoms with Crippen molar-refractivity contribution in [3.05, 3.63) is 50.4 Å². The predicted octanol–water partition coefficient (Wildman–Crippen LogP) is 4.61. The number of nitrogens with zero attached hydrogens (tertiary/aromatic N) is 3. The standard InChI is InChI=1S/C13H11Cl2N3O3/c1-7(2)13-16-11(15)6-12(17-13)21-10-4-3-8(18(19)20)5-9(10)14/h3-7H,1-2H3. The fourth-order valence-electron chi connectivity index (χ4n) is 1.52. The van der Waals surface area contributed by atoms with Gasteiger partial charge in [-0.2, -0.15) is 4.98 Å². The molecule has 110 valence electrons. The first-order valence-electron chi connectivity index (χ1n) is 6.03. The second-order valence-corrected chi connectivity index (χ2v) is 5.31. The number of ether oxygens (including phenoxy) is 1. The van der Waals surface area contributed by atoms with Crippen molar-refractivity contribution < 1.29 is 9.66 Å². The number of hydrogen-bond acceptors (Lipinski definition) is 5. The van der Waals surface area contributed by atoms with E-state index >= 15 is 0 Å². The van der Waals surface area contributed by atoms with E-state index in [1.54, 1.807) is 0 Å². The van der Waals surface area contributed by atoms with Crippen molar-refractivity contribution in [1.29, 1.82) is 0 Å². The van der Waals surface area contributed by atoms with E-state index in [9.17, 15) is 10.1 Å². The van der Waals surface area contributed by atoms with Gasteiger partial charge in [0.1, 0.15) is 16.7 Å². The van der Waals surface area contributed by atoms with Gasteiger partial charge in [-0.3, -0.25) is 10.1 Å². The molecule has 0 N–H and O–H groups in total. The third-order valence-electron chi connectivity index (χ3n) is 2.55. The van der Waals surface area contributed by atoms with Gasteiger partial charge in [0.05, 0.1) is 9.95 Å². The van der Waals surface area contributed by atoms with E-state index in [1.807, 2.05) is 13.8 Å². The van der Waals surface area contributed by atoms with Crippen molar-refractivity contribution >= 4 is 28.9 Å². The summed E-state index contributed by atoms with van der Waals surface area (Å²) in [7, 11) is 0. The molecule has 0 saturated carbocycles. The van der Waals surface area contributed by atoms with Gasteiger partial charge >= 0.3 is 0 Å². The van der Waals surface area contributed by atoms with Gasteiger partial charge < -0.3 is 4.74 Å². The van der Waals surface area contributed by atoms with Crippen LogP contribution in [0.1, 0.15) is 25.6 Å². The molecule has 0 aliphatic rings. The molecule has 8 heteroatoms. The van der Waals surface area contributed by atoms with E-state index in [1.165, 1.54) is 24.3 Å².